The molecule has 0 amide bonds. The summed E-state index contributed by atoms with van der Waals surface area (Å²) < 4.78 is 26.5. The van der Waals surface area contributed by atoms with Crippen LogP contribution in [0, 0.1) is 53.3 Å². The lowest BCUT2D eigenvalue weighted by atomic mass is 10.0. The Hall–Kier alpha value is -6.91. The Labute approximate surface area is 668 Å². The Morgan fingerprint density at radius 3 is 1.24 bits per heavy atom. The number of carbonyl (C=O) groups excluding carboxylic acids is 1. The minimum atomic E-state index is -0.350. The van der Waals surface area contributed by atoms with Gasteiger partial charge in [0, 0.05) is 14.5 Å². The lowest BCUT2D eigenvalue weighted by Crippen LogP contribution is -2.02. The second kappa shape index (κ2) is 55.5. The molecule has 9 rings (SSSR count). The number of aryl methyl sites for hydroxylation is 7. The molecule has 2 N–H and O–H groups in total. The van der Waals surface area contributed by atoms with Crippen LogP contribution in [0.2, 0.25) is 10.0 Å². The molecule has 0 saturated heterocycles. The van der Waals surface area contributed by atoms with Gasteiger partial charge >= 0.3 is 5.97 Å². The van der Waals surface area contributed by atoms with Gasteiger partial charge in [-0.15, -0.1) is 0 Å². The first-order valence-electron chi connectivity index (χ1n) is 39.4. The van der Waals surface area contributed by atoms with E-state index in [1.54, 1.807) is 51.7 Å². The highest BCUT2D eigenvalue weighted by Crippen LogP contribution is 2.51. The number of carbonyl (C=O) groups is 1. The molecule has 0 spiro atoms. The van der Waals surface area contributed by atoms with E-state index in [9.17, 15) is 9.90 Å². The highest BCUT2D eigenvalue weighted by atomic mass is 79.9. The van der Waals surface area contributed by atoms with Crippen molar-refractivity contribution in [2.45, 2.75) is 220 Å². The molecule has 1 aliphatic carbocycles. The van der Waals surface area contributed by atoms with E-state index in [1.165, 1.54) is 91.9 Å². The molecule has 0 unspecified atom stereocenters. The van der Waals surface area contributed by atoms with Gasteiger partial charge in [0.05, 0.1) is 40.6 Å². The van der Waals surface area contributed by atoms with Crippen LogP contribution in [0.4, 0.5) is 0 Å². The number of hydrogen-bond acceptors (Lipinski definition) is 8. The first kappa shape index (κ1) is 96.2. The SMILES string of the molecule is CC(C)CCc1ccc(O)cc1.CC(C)CCc1ccccc1Cl.CC(C)[C@H]1C[C@H]1c1ccccc1.CCOc1ccc(CCC(C)C)cc1.COC(=O)c1ccc(CCC(C)C)c(Cl)c1.COc1ccc(Br)cc1CCC(C)C.COc1ccc(CCC(C)C)cc1.COc1ccc(CCC(C)C)cc1O. The van der Waals surface area contributed by atoms with Gasteiger partial charge in [0.2, 0.25) is 0 Å². The number of esters is 1. The van der Waals surface area contributed by atoms with Crippen molar-refractivity contribution in [1.82, 2.24) is 0 Å². The zero-order chi connectivity index (χ0) is 79.8. The highest BCUT2D eigenvalue weighted by Gasteiger charge is 2.39. The van der Waals surface area contributed by atoms with Gasteiger partial charge < -0.3 is 33.9 Å². The summed E-state index contributed by atoms with van der Waals surface area (Å²) in [6, 6.07) is 60.3. The predicted octanol–water partition coefficient (Wildman–Crippen LogP) is 28.1. The summed E-state index contributed by atoms with van der Waals surface area (Å²) >= 11 is 15.6. The van der Waals surface area contributed by atoms with E-state index < -0.39 is 0 Å². The third-order valence-corrected chi connectivity index (χ3v) is 19.4. The number of rotatable bonds is 29. The number of ether oxygens (including phenoxy) is 5. The summed E-state index contributed by atoms with van der Waals surface area (Å²) in [5.41, 5.74) is 11.0. The molecular formula is C96H137BrCl2O8. The first-order valence-corrected chi connectivity index (χ1v) is 40.9. The van der Waals surface area contributed by atoms with Crippen LogP contribution in [-0.4, -0.2) is 51.2 Å². The van der Waals surface area contributed by atoms with Crippen LogP contribution < -0.4 is 18.9 Å². The third kappa shape index (κ3) is 44.4. The van der Waals surface area contributed by atoms with Crippen molar-refractivity contribution >= 4 is 45.1 Å². The molecule has 2 atom stereocenters. The van der Waals surface area contributed by atoms with Gasteiger partial charge in [-0.1, -0.05) is 247 Å². The Kier molecular flexibility index (Phi) is 49.9. The van der Waals surface area contributed by atoms with Crippen molar-refractivity contribution in [3.8, 4) is 34.5 Å². The van der Waals surface area contributed by atoms with E-state index in [4.69, 9.17) is 47.3 Å². The molecule has 0 radical (unpaired) electrons. The largest absolute Gasteiger partial charge is 0.508 e. The van der Waals surface area contributed by atoms with Crippen molar-refractivity contribution in [1.29, 1.82) is 0 Å². The van der Waals surface area contributed by atoms with Crippen molar-refractivity contribution in [3.63, 3.8) is 0 Å². The zero-order valence-corrected chi connectivity index (χ0v) is 72.5. The third-order valence-electron chi connectivity index (χ3n) is 18.2. The van der Waals surface area contributed by atoms with E-state index in [1.807, 2.05) is 79.7 Å². The Morgan fingerprint density at radius 1 is 0.421 bits per heavy atom. The number of phenolic OH excluding ortho intramolecular Hbond substituents is 2. The standard InChI is InChI=1S/C13H17ClO2.C13H20O.C12H17BrO.C12H18O2.C12H18O.C12H16.C11H15Cl.C11H16O/c1-9(2)4-5-10-6-7-11(8-12(10)14)13(15)16-3;1-4-14-13-9-7-12(8-10-13)6-5-11(2)3;1-9(2)4-5-10-8-11(13)6-7-12(10)14-3;1-9(2)4-5-10-6-7-12(14-3)11(13)8-10;1-10(2)4-5-11-6-8-12(13-3)9-7-11;1-9(2)11-8-12(11)10-6-4-3-5-7-10;1-9(2)7-8-10-5-3-4-6-11(10)12;1-9(2)3-4-10-5-7-11(12)8-6-10/h6-9H,4-5H2,1-3H3;7-11H,4-6H2,1-3H3;6-9H,4-5H2,1-3H3;6-9,13H,4-5H2,1-3H3;6-10H,4-5H2,1-3H3;3-7,9,11-12H,8H2,1-2H3;3-6,9H,7-8H2,1-2H3;5-9,12H,3-4H2,1-2H3/t;;;;;11-,12+;;/m.....1../s1. The fourth-order valence-corrected chi connectivity index (χ4v) is 12.0. The predicted molar refractivity (Wildman–Crippen MR) is 463 cm³/mol. The topological polar surface area (TPSA) is 104 Å². The van der Waals surface area contributed by atoms with Crippen LogP contribution in [0.1, 0.15) is 230 Å². The molecule has 1 aliphatic rings. The maximum Gasteiger partial charge on any atom is 0.337 e. The van der Waals surface area contributed by atoms with Crippen molar-refractivity contribution in [2.75, 3.05) is 35.0 Å². The Morgan fingerprint density at radius 2 is 0.832 bits per heavy atom. The van der Waals surface area contributed by atoms with Crippen LogP contribution in [-0.2, 0) is 49.7 Å². The molecular weight excluding hydrogens is 1430 g/mol. The Bertz CT molecular complexity index is 3580. The zero-order valence-electron chi connectivity index (χ0n) is 69.4. The summed E-state index contributed by atoms with van der Waals surface area (Å²) in [5, 5.41) is 20.1. The second-order valence-electron chi connectivity index (χ2n) is 31.1. The molecule has 0 aliphatic heterocycles. The van der Waals surface area contributed by atoms with Gasteiger partial charge in [-0.2, -0.15) is 0 Å². The van der Waals surface area contributed by atoms with Crippen molar-refractivity contribution in [2.24, 2.45) is 53.3 Å². The fraction of sp³-hybridized carbons (Fsp3) is 0.490. The first-order chi connectivity index (χ1) is 50.9. The monoisotopic (exact) mass is 1570 g/mol. The van der Waals surface area contributed by atoms with Crippen molar-refractivity contribution in [3.05, 3.63) is 247 Å². The number of hydrogen-bond donors (Lipinski definition) is 2. The van der Waals surface area contributed by atoms with Gasteiger partial charge in [0.25, 0.3) is 0 Å². The number of phenols is 2. The van der Waals surface area contributed by atoms with Crippen LogP contribution in [0.15, 0.2) is 186 Å². The van der Waals surface area contributed by atoms with Gasteiger partial charge in [-0.25, -0.2) is 4.79 Å². The number of aromatic hydroxyl groups is 2. The molecule has 11 heteroatoms. The van der Waals surface area contributed by atoms with Crippen LogP contribution in [0.3, 0.4) is 0 Å². The summed E-state index contributed by atoms with van der Waals surface area (Å²) in [4.78, 5) is 11.3. The van der Waals surface area contributed by atoms with E-state index in [0.29, 0.717) is 33.9 Å². The van der Waals surface area contributed by atoms with Crippen molar-refractivity contribution < 1.29 is 38.7 Å². The van der Waals surface area contributed by atoms with Gasteiger partial charge in [0.15, 0.2) is 11.5 Å². The maximum atomic E-state index is 11.3. The lowest BCUT2D eigenvalue weighted by molar-refractivity contribution is 0.0600. The fourth-order valence-electron chi connectivity index (χ4n) is 11.1. The molecule has 0 bridgehead atoms. The van der Waals surface area contributed by atoms with E-state index >= 15 is 0 Å². The summed E-state index contributed by atoms with van der Waals surface area (Å²) in [6.45, 7) is 38.6. The van der Waals surface area contributed by atoms with E-state index in [0.717, 1.165) is 137 Å². The maximum absolute atomic E-state index is 11.3. The molecule has 0 aromatic heterocycles. The normalized spacial score (nSPS) is 12.5. The van der Waals surface area contributed by atoms with Crippen LogP contribution in [0.5, 0.6) is 34.5 Å². The number of methoxy groups -OCH3 is 4. The molecule has 107 heavy (non-hydrogen) atoms. The molecule has 8 aromatic carbocycles. The Balaban J connectivity index is 0.000000416. The molecule has 1 saturated carbocycles. The molecule has 8 nitrogen and oxygen atoms in total. The van der Waals surface area contributed by atoms with Gasteiger partial charge in [0.1, 0.15) is 23.0 Å². The number of halogens is 3. The second-order valence-corrected chi connectivity index (χ2v) is 32.9. The molecule has 1 fully saturated rings. The van der Waals surface area contributed by atoms with Gasteiger partial charge in [-0.05, 0) is 292 Å². The molecule has 590 valence electrons. The summed E-state index contributed by atoms with van der Waals surface area (Å²) in [6.07, 6.45) is 17.4. The van der Waals surface area contributed by atoms with E-state index in [-0.39, 0.29) is 11.7 Å². The molecule has 0 heterocycles. The van der Waals surface area contributed by atoms with Crippen LogP contribution in [0.25, 0.3) is 0 Å². The average Bonchev–Trinajstić information content (AvgIpc) is 1.65. The quantitative estimate of drug-likeness (QED) is 0.0447. The number of benzene rings is 8. The molecule has 8 aromatic rings. The van der Waals surface area contributed by atoms with E-state index in [2.05, 4.69) is 210 Å². The highest BCUT2D eigenvalue weighted by molar-refractivity contribution is 9.10. The van der Waals surface area contributed by atoms with Crippen LogP contribution >= 0.6 is 39.1 Å². The minimum Gasteiger partial charge on any atom is -0.508 e. The lowest BCUT2D eigenvalue weighted by Gasteiger charge is -2.10. The minimum absolute atomic E-state index is 0.230. The smallest absolute Gasteiger partial charge is 0.337 e. The summed E-state index contributed by atoms with van der Waals surface area (Å²) in [7, 11) is 6.34. The summed E-state index contributed by atoms with van der Waals surface area (Å²) in [5.74, 6) is 11.5. The van der Waals surface area contributed by atoms with Gasteiger partial charge in [-0.3, -0.25) is 0 Å². The average molecular weight is 1570 g/mol.